The number of anilines is 1. The van der Waals surface area contributed by atoms with Crippen LogP contribution in [0.15, 0.2) is 58.4 Å². The molecule has 0 radical (unpaired) electrons. The van der Waals surface area contributed by atoms with E-state index in [0.717, 1.165) is 11.1 Å². The van der Waals surface area contributed by atoms with Crippen molar-refractivity contribution in [1.29, 1.82) is 5.26 Å². The topological polar surface area (TPSA) is 93.9 Å². The molecule has 0 spiro atoms. The monoisotopic (exact) mass is 343 g/mol. The third kappa shape index (κ3) is 3.52. The smallest absolute Gasteiger partial charge is 0.270 e. The Kier molecular flexibility index (Phi) is 4.90. The van der Waals surface area contributed by atoms with Gasteiger partial charge in [-0.05, 0) is 30.5 Å². The van der Waals surface area contributed by atoms with E-state index in [1.54, 1.807) is 18.3 Å². The largest absolute Gasteiger partial charge is 0.290 e. The predicted octanol–water partition coefficient (Wildman–Crippen LogP) is 3.37. The molecule has 0 amide bonds. The van der Waals surface area contributed by atoms with E-state index in [2.05, 4.69) is 20.5 Å². The van der Waals surface area contributed by atoms with Gasteiger partial charge in [0.05, 0.1) is 11.9 Å². The maximum absolute atomic E-state index is 12.2. The van der Waals surface area contributed by atoms with Crippen LogP contribution in [0.2, 0.25) is 0 Å². The van der Waals surface area contributed by atoms with E-state index in [1.807, 2.05) is 56.3 Å². The minimum Gasteiger partial charge on any atom is -0.290 e. The van der Waals surface area contributed by atoms with Crippen LogP contribution in [0.3, 0.4) is 0 Å². The second-order valence-electron chi connectivity index (χ2n) is 5.78. The number of rotatable bonds is 4. The van der Waals surface area contributed by atoms with Crippen LogP contribution in [0.25, 0.3) is 11.3 Å². The van der Waals surface area contributed by atoms with E-state index in [9.17, 15) is 10.1 Å². The van der Waals surface area contributed by atoms with E-state index < -0.39 is 5.56 Å². The van der Waals surface area contributed by atoms with Gasteiger partial charge >= 0.3 is 0 Å². The van der Waals surface area contributed by atoms with Gasteiger partial charge in [0.1, 0.15) is 11.6 Å². The van der Waals surface area contributed by atoms with Gasteiger partial charge in [0, 0.05) is 5.56 Å². The average Bonchev–Trinajstić information content (AvgIpc) is 2.65. The fourth-order valence-corrected chi connectivity index (χ4v) is 2.51. The van der Waals surface area contributed by atoms with Gasteiger partial charge in [-0.2, -0.15) is 10.4 Å². The van der Waals surface area contributed by atoms with Crippen LogP contribution < -0.4 is 11.0 Å². The maximum Gasteiger partial charge on any atom is 0.270 e. The molecule has 0 aliphatic heterocycles. The SMILES string of the molecule is Cc1cccc(C=NNc2nc(-c3ccccc3)c(C#N)c(=O)[nH]2)c1C. The molecule has 1 aromatic heterocycles. The lowest BCUT2D eigenvalue weighted by atomic mass is 10.0. The summed E-state index contributed by atoms with van der Waals surface area (Å²) in [5.41, 5.74) is 6.48. The van der Waals surface area contributed by atoms with Crippen molar-refractivity contribution in [3.63, 3.8) is 0 Å². The molecule has 0 saturated heterocycles. The fourth-order valence-electron chi connectivity index (χ4n) is 2.51. The maximum atomic E-state index is 12.2. The molecule has 0 unspecified atom stereocenters. The number of hydrogen-bond acceptors (Lipinski definition) is 5. The molecule has 1 heterocycles. The first kappa shape index (κ1) is 17.1. The molecule has 6 heteroatoms. The molecule has 3 rings (SSSR count). The van der Waals surface area contributed by atoms with Crippen molar-refractivity contribution in [3.8, 4) is 17.3 Å². The van der Waals surface area contributed by atoms with Crippen molar-refractivity contribution in [1.82, 2.24) is 9.97 Å². The lowest BCUT2D eigenvalue weighted by molar-refractivity contribution is 1.08. The highest BCUT2D eigenvalue weighted by atomic mass is 16.1. The Bertz CT molecular complexity index is 1060. The van der Waals surface area contributed by atoms with Crippen molar-refractivity contribution in [2.75, 3.05) is 5.43 Å². The average molecular weight is 343 g/mol. The Labute approximate surface area is 150 Å². The molecule has 0 aliphatic carbocycles. The second-order valence-corrected chi connectivity index (χ2v) is 5.78. The molecular formula is C20H17N5O. The summed E-state index contributed by atoms with van der Waals surface area (Å²) in [6, 6.07) is 17.0. The molecule has 6 nitrogen and oxygen atoms in total. The summed E-state index contributed by atoms with van der Waals surface area (Å²) < 4.78 is 0. The molecular weight excluding hydrogens is 326 g/mol. The number of nitrogens with one attached hydrogen (secondary N) is 2. The minimum absolute atomic E-state index is 0.0275. The summed E-state index contributed by atoms with van der Waals surface area (Å²) in [4.78, 5) is 19.1. The first-order valence-corrected chi connectivity index (χ1v) is 8.05. The summed E-state index contributed by atoms with van der Waals surface area (Å²) >= 11 is 0. The number of hydrazone groups is 1. The Morgan fingerprint density at radius 3 is 2.65 bits per heavy atom. The molecule has 0 aliphatic rings. The van der Waals surface area contributed by atoms with E-state index in [4.69, 9.17) is 0 Å². The summed E-state index contributed by atoms with van der Waals surface area (Å²) in [7, 11) is 0. The number of nitrogens with zero attached hydrogens (tertiary/aromatic N) is 3. The first-order valence-electron chi connectivity index (χ1n) is 8.05. The zero-order valence-corrected chi connectivity index (χ0v) is 14.4. The van der Waals surface area contributed by atoms with E-state index in [1.165, 1.54) is 5.56 Å². The molecule has 2 aromatic carbocycles. The Hall–Kier alpha value is -3.72. The van der Waals surface area contributed by atoms with Crippen LogP contribution in [-0.2, 0) is 0 Å². The van der Waals surface area contributed by atoms with Gasteiger partial charge in [0.25, 0.3) is 5.56 Å². The summed E-state index contributed by atoms with van der Waals surface area (Å²) in [6.07, 6.45) is 1.67. The van der Waals surface area contributed by atoms with Gasteiger partial charge in [0.2, 0.25) is 5.95 Å². The van der Waals surface area contributed by atoms with Gasteiger partial charge in [-0.25, -0.2) is 10.4 Å². The van der Waals surface area contributed by atoms with Crippen LogP contribution in [0.1, 0.15) is 22.3 Å². The normalized spacial score (nSPS) is 10.7. The lowest BCUT2D eigenvalue weighted by Gasteiger charge is -2.06. The van der Waals surface area contributed by atoms with Crippen molar-refractivity contribution >= 4 is 12.2 Å². The summed E-state index contributed by atoms with van der Waals surface area (Å²) in [5.74, 6) is 0.175. The second kappa shape index (κ2) is 7.45. The van der Waals surface area contributed by atoms with Gasteiger partial charge in [-0.3, -0.25) is 9.78 Å². The minimum atomic E-state index is -0.509. The van der Waals surface area contributed by atoms with Gasteiger partial charge < -0.3 is 0 Å². The van der Waals surface area contributed by atoms with Crippen molar-refractivity contribution in [2.45, 2.75) is 13.8 Å². The molecule has 26 heavy (non-hydrogen) atoms. The highest BCUT2D eigenvalue weighted by Gasteiger charge is 2.12. The highest BCUT2D eigenvalue weighted by molar-refractivity contribution is 5.82. The number of aryl methyl sites for hydroxylation is 1. The van der Waals surface area contributed by atoms with Crippen molar-refractivity contribution < 1.29 is 0 Å². The third-order valence-corrected chi connectivity index (χ3v) is 4.10. The van der Waals surface area contributed by atoms with E-state index in [-0.39, 0.29) is 11.5 Å². The molecule has 2 N–H and O–H groups in total. The number of hydrogen-bond donors (Lipinski definition) is 2. The number of aromatic amines is 1. The molecule has 0 bridgehead atoms. The number of benzene rings is 2. The number of nitriles is 1. The number of H-pyrrole nitrogens is 1. The Balaban J connectivity index is 1.93. The molecule has 0 fully saturated rings. The predicted molar refractivity (Wildman–Crippen MR) is 102 cm³/mol. The van der Waals surface area contributed by atoms with Crippen molar-refractivity contribution in [3.05, 3.63) is 81.1 Å². The van der Waals surface area contributed by atoms with Crippen LogP contribution in [0.5, 0.6) is 0 Å². The molecule has 0 atom stereocenters. The quantitative estimate of drug-likeness (QED) is 0.561. The van der Waals surface area contributed by atoms with Gasteiger partial charge in [-0.1, -0.05) is 48.5 Å². The fraction of sp³-hybridized carbons (Fsp3) is 0.100. The van der Waals surface area contributed by atoms with Crippen LogP contribution in [0.4, 0.5) is 5.95 Å². The van der Waals surface area contributed by atoms with Crippen molar-refractivity contribution in [2.24, 2.45) is 5.10 Å². The Morgan fingerprint density at radius 1 is 1.15 bits per heavy atom. The molecule has 0 saturated carbocycles. The van der Waals surface area contributed by atoms with E-state index in [0.29, 0.717) is 11.3 Å². The third-order valence-electron chi connectivity index (χ3n) is 4.10. The number of aromatic nitrogens is 2. The zero-order valence-electron chi connectivity index (χ0n) is 14.4. The van der Waals surface area contributed by atoms with Crippen LogP contribution >= 0.6 is 0 Å². The van der Waals surface area contributed by atoms with Crippen LogP contribution in [0, 0.1) is 25.2 Å². The van der Waals surface area contributed by atoms with Gasteiger partial charge in [0.15, 0.2) is 0 Å². The summed E-state index contributed by atoms with van der Waals surface area (Å²) in [5, 5.41) is 13.4. The Morgan fingerprint density at radius 2 is 1.92 bits per heavy atom. The molecule has 128 valence electrons. The molecule has 3 aromatic rings. The van der Waals surface area contributed by atoms with Crippen LogP contribution in [-0.4, -0.2) is 16.2 Å². The first-order chi connectivity index (χ1) is 12.6. The summed E-state index contributed by atoms with van der Waals surface area (Å²) in [6.45, 7) is 4.05. The highest BCUT2D eigenvalue weighted by Crippen LogP contribution is 2.19. The zero-order chi connectivity index (χ0) is 18.5. The van der Waals surface area contributed by atoms with E-state index >= 15 is 0 Å². The standard InChI is InChI=1S/C20H17N5O/c1-13-7-6-10-16(14(13)2)12-22-25-20-23-18(15-8-4-3-5-9-15)17(11-21)19(26)24-20/h3-10,12H,1-2H3,(H2,23,24,25,26). The van der Waals surface area contributed by atoms with Gasteiger partial charge in [-0.15, -0.1) is 0 Å². The lowest BCUT2D eigenvalue weighted by Crippen LogP contribution is -2.16.